The van der Waals surface area contributed by atoms with E-state index in [0.717, 1.165) is 64.3 Å². The lowest BCUT2D eigenvalue weighted by molar-refractivity contribution is -0.0500. The summed E-state index contributed by atoms with van der Waals surface area (Å²) in [5, 5.41) is 0. The fourth-order valence-electron chi connectivity index (χ4n) is 4.72. The van der Waals surface area contributed by atoms with E-state index in [4.69, 9.17) is 13.6 Å². The van der Waals surface area contributed by atoms with Crippen molar-refractivity contribution in [2.45, 2.75) is 144 Å². The average Bonchev–Trinajstić information content (AvgIpc) is 3.24. The van der Waals surface area contributed by atoms with Crippen LogP contribution in [0.1, 0.15) is 137 Å². The lowest BCUT2D eigenvalue weighted by Gasteiger charge is -2.33. The third kappa shape index (κ3) is 15.0. The normalized spacial score (nSPS) is 18.9. The van der Waals surface area contributed by atoms with Gasteiger partial charge < -0.3 is 9.80 Å². The molecule has 1 rings (SSSR count). The first kappa shape index (κ1) is 34.5. The molecule has 1 aliphatic heterocycles. The van der Waals surface area contributed by atoms with E-state index in [1.807, 2.05) is 24.3 Å². The molecule has 3 unspecified atom stereocenters. The summed E-state index contributed by atoms with van der Waals surface area (Å²) < 4.78 is 32.4. The van der Waals surface area contributed by atoms with Gasteiger partial charge in [-0.3, -0.25) is 9.05 Å². The summed E-state index contributed by atoms with van der Waals surface area (Å²) in [6, 6.07) is 0. The van der Waals surface area contributed by atoms with E-state index in [1.165, 1.54) is 44.9 Å². The van der Waals surface area contributed by atoms with Crippen molar-refractivity contribution in [1.82, 2.24) is 9.80 Å². The minimum Gasteiger partial charge on any atom is -0.337 e. The van der Waals surface area contributed by atoms with Gasteiger partial charge in [0.1, 0.15) is 0 Å². The van der Waals surface area contributed by atoms with Crippen LogP contribution in [0, 0.1) is 11.8 Å². The van der Waals surface area contributed by atoms with Gasteiger partial charge in [0.25, 0.3) is 0 Å². The monoisotopic (exact) mass is 544 g/mol. The molecule has 7 heteroatoms. The Balaban J connectivity index is 2.73. The summed E-state index contributed by atoms with van der Waals surface area (Å²) in [5.74, 6) is 0.741. The van der Waals surface area contributed by atoms with E-state index >= 15 is 0 Å². The van der Waals surface area contributed by atoms with E-state index in [-0.39, 0.29) is 0 Å². The van der Waals surface area contributed by atoms with Crippen LogP contribution in [0.4, 0.5) is 0 Å². The number of hydrogen-bond acceptors (Lipinski definition) is 6. The quantitative estimate of drug-likeness (QED) is 0.0842. The summed E-state index contributed by atoms with van der Waals surface area (Å²) in [5.41, 5.74) is 0. The van der Waals surface area contributed by atoms with Gasteiger partial charge in [0.15, 0.2) is 0 Å². The highest BCUT2D eigenvalue weighted by molar-refractivity contribution is 7.48. The Morgan fingerprint density at radius 2 is 1.19 bits per heavy atom. The summed E-state index contributed by atoms with van der Waals surface area (Å²) in [7, 11) is -1.76. The van der Waals surface area contributed by atoms with Crippen molar-refractivity contribution < 1.29 is 18.1 Å². The Hall–Kier alpha value is -0.550. The molecular formula is C30H61N2O4P. The van der Waals surface area contributed by atoms with Gasteiger partial charge in [0.05, 0.1) is 13.2 Å². The smallest absolute Gasteiger partial charge is 0.337 e. The second-order valence-corrected chi connectivity index (χ2v) is 12.6. The van der Waals surface area contributed by atoms with E-state index < -0.39 is 14.2 Å². The van der Waals surface area contributed by atoms with E-state index in [0.29, 0.717) is 25.0 Å². The van der Waals surface area contributed by atoms with Gasteiger partial charge in [-0.1, -0.05) is 118 Å². The highest BCUT2D eigenvalue weighted by atomic mass is 31.2. The third-order valence-electron chi connectivity index (χ3n) is 7.64. The minimum atomic E-state index is -3.73. The topological polar surface area (TPSA) is 51.2 Å². The maximum Gasteiger partial charge on any atom is 0.478 e. The molecule has 0 N–H and O–H groups in total. The van der Waals surface area contributed by atoms with Crippen molar-refractivity contribution in [1.29, 1.82) is 0 Å². The maximum atomic E-state index is 14.0. The maximum absolute atomic E-state index is 14.0. The average molecular weight is 545 g/mol. The Labute approximate surface area is 230 Å². The summed E-state index contributed by atoms with van der Waals surface area (Å²) in [4.78, 5) is 4.10. The predicted octanol–water partition coefficient (Wildman–Crippen LogP) is 9.72. The highest BCUT2D eigenvalue weighted by Gasteiger charge is 2.37. The molecule has 0 aromatic rings. The zero-order valence-electron chi connectivity index (χ0n) is 25.3. The van der Waals surface area contributed by atoms with Crippen molar-refractivity contribution in [2.24, 2.45) is 11.8 Å². The molecule has 0 saturated heterocycles. The van der Waals surface area contributed by atoms with Gasteiger partial charge in [-0.05, 0) is 31.1 Å². The number of hydrogen-bond donors (Lipinski definition) is 0. The van der Waals surface area contributed by atoms with Crippen molar-refractivity contribution in [3.05, 3.63) is 12.4 Å². The SMILES string of the molecule is CCCCCCCCCCN1C=CN(C)C1OP(=O)(OCC(CC)CCCC)OCC(CC)CCCC. The zero-order valence-corrected chi connectivity index (χ0v) is 26.2. The van der Waals surface area contributed by atoms with E-state index in [2.05, 4.69) is 39.5 Å². The molecule has 0 amide bonds. The van der Waals surface area contributed by atoms with Crippen LogP contribution >= 0.6 is 7.82 Å². The predicted molar refractivity (Wildman–Crippen MR) is 157 cm³/mol. The highest BCUT2D eigenvalue weighted by Crippen LogP contribution is 2.53. The van der Waals surface area contributed by atoms with Gasteiger partial charge in [-0.15, -0.1) is 0 Å². The molecule has 1 heterocycles. The van der Waals surface area contributed by atoms with Crippen LogP contribution in [0.2, 0.25) is 0 Å². The molecule has 0 saturated carbocycles. The molecule has 1 aliphatic rings. The van der Waals surface area contributed by atoms with Crippen LogP contribution < -0.4 is 0 Å². The number of nitrogens with zero attached hydrogens (tertiary/aromatic N) is 2. The lowest BCUT2D eigenvalue weighted by atomic mass is 10.0. The van der Waals surface area contributed by atoms with E-state index in [1.54, 1.807) is 0 Å². The number of phosphoric acid groups is 1. The largest absolute Gasteiger partial charge is 0.478 e. The lowest BCUT2D eigenvalue weighted by Crippen LogP contribution is -2.39. The molecule has 0 bridgehead atoms. The van der Waals surface area contributed by atoms with Crippen molar-refractivity contribution in [2.75, 3.05) is 26.8 Å². The standard InChI is InChI=1S/C30H61N2O4P/c1-7-12-15-16-17-18-19-20-23-32-25-24-31(6)30(32)36-37(33,34-26-28(10-4)21-13-8-2)35-27-29(11-5)22-14-9-3/h24-25,28-30H,7-23,26-27H2,1-6H3. The number of rotatable bonds is 25. The second-order valence-electron chi connectivity index (χ2n) is 11.0. The van der Waals surface area contributed by atoms with Crippen LogP contribution in [-0.4, -0.2) is 43.0 Å². The first-order valence-corrected chi connectivity index (χ1v) is 17.1. The van der Waals surface area contributed by atoms with Crippen LogP contribution in [0.3, 0.4) is 0 Å². The molecule has 0 spiro atoms. The molecule has 6 nitrogen and oxygen atoms in total. The van der Waals surface area contributed by atoms with Crippen LogP contribution in [-0.2, 0) is 18.1 Å². The van der Waals surface area contributed by atoms with Crippen LogP contribution in [0.25, 0.3) is 0 Å². The van der Waals surface area contributed by atoms with Crippen LogP contribution in [0.15, 0.2) is 12.4 Å². The molecule has 0 radical (unpaired) electrons. The van der Waals surface area contributed by atoms with Gasteiger partial charge in [-0.25, -0.2) is 9.09 Å². The van der Waals surface area contributed by atoms with Gasteiger partial charge in [0, 0.05) is 26.0 Å². The first-order valence-electron chi connectivity index (χ1n) is 15.7. The second kappa shape index (κ2) is 21.3. The summed E-state index contributed by atoms with van der Waals surface area (Å²) in [6.07, 6.45) is 22.6. The molecule has 0 aliphatic carbocycles. The van der Waals surface area contributed by atoms with Crippen molar-refractivity contribution in [3.8, 4) is 0 Å². The van der Waals surface area contributed by atoms with Crippen LogP contribution in [0.5, 0.6) is 0 Å². The fourth-order valence-corrected chi connectivity index (χ4v) is 6.21. The van der Waals surface area contributed by atoms with Crippen molar-refractivity contribution in [3.63, 3.8) is 0 Å². The molecule has 3 atom stereocenters. The van der Waals surface area contributed by atoms with Crippen molar-refractivity contribution >= 4 is 7.82 Å². The molecule has 37 heavy (non-hydrogen) atoms. The Bertz CT molecular complexity index is 594. The third-order valence-corrected chi connectivity index (χ3v) is 9.02. The molecule has 0 aromatic heterocycles. The van der Waals surface area contributed by atoms with E-state index in [9.17, 15) is 4.57 Å². The van der Waals surface area contributed by atoms with Gasteiger partial charge in [-0.2, -0.15) is 0 Å². The number of phosphoric ester groups is 1. The minimum absolute atomic E-state index is 0.371. The zero-order chi connectivity index (χ0) is 27.4. The molecule has 0 aromatic carbocycles. The molecule has 0 fully saturated rings. The summed E-state index contributed by atoms with van der Waals surface area (Å²) >= 11 is 0. The first-order chi connectivity index (χ1) is 17.9. The fraction of sp³-hybridized carbons (Fsp3) is 0.933. The number of unbranched alkanes of at least 4 members (excludes halogenated alkanes) is 9. The Morgan fingerprint density at radius 3 is 1.68 bits per heavy atom. The summed E-state index contributed by atoms with van der Waals surface area (Å²) in [6.45, 7) is 12.7. The van der Waals surface area contributed by atoms with Gasteiger partial charge >= 0.3 is 7.82 Å². The molecular weight excluding hydrogens is 483 g/mol. The Morgan fingerprint density at radius 1 is 0.703 bits per heavy atom. The molecule has 220 valence electrons. The Kier molecular flexibility index (Phi) is 19.8. The van der Waals surface area contributed by atoms with Gasteiger partial charge in [0.2, 0.25) is 6.35 Å².